The van der Waals surface area contributed by atoms with Crippen molar-refractivity contribution in [1.82, 2.24) is 9.97 Å². The van der Waals surface area contributed by atoms with Gasteiger partial charge in [0, 0.05) is 28.8 Å². The van der Waals surface area contributed by atoms with Crippen molar-refractivity contribution in [2.45, 2.75) is 26.7 Å². The fourth-order valence-electron chi connectivity index (χ4n) is 1.72. The van der Waals surface area contributed by atoms with E-state index < -0.39 is 0 Å². The quantitative estimate of drug-likeness (QED) is 0.903. The van der Waals surface area contributed by atoms with Gasteiger partial charge >= 0.3 is 0 Å². The van der Waals surface area contributed by atoms with E-state index in [-0.39, 0.29) is 0 Å². The third-order valence-electron chi connectivity index (χ3n) is 2.70. The maximum Gasteiger partial charge on any atom is 0.123 e. The van der Waals surface area contributed by atoms with Crippen molar-refractivity contribution in [3.8, 4) is 10.6 Å². The molecule has 4 heteroatoms. The van der Waals surface area contributed by atoms with Crippen LogP contribution in [0.15, 0.2) is 18.3 Å². The number of aromatic nitrogens is 2. The number of thiazole rings is 1. The zero-order valence-electron chi connectivity index (χ0n) is 10.2. The lowest BCUT2D eigenvalue weighted by Gasteiger charge is -1.99. The molecular formula is C13H17N3S. The van der Waals surface area contributed by atoms with Crippen LogP contribution >= 0.6 is 11.3 Å². The molecule has 0 spiro atoms. The van der Waals surface area contributed by atoms with Crippen LogP contribution in [-0.2, 0) is 12.8 Å². The van der Waals surface area contributed by atoms with Crippen molar-refractivity contribution in [1.29, 1.82) is 0 Å². The Bertz CT molecular complexity index is 505. The molecule has 90 valence electrons. The van der Waals surface area contributed by atoms with Gasteiger partial charge in [0.2, 0.25) is 0 Å². The zero-order valence-corrected chi connectivity index (χ0v) is 11.0. The minimum Gasteiger partial charge on any atom is -0.330 e. The molecule has 0 aliphatic heterocycles. The smallest absolute Gasteiger partial charge is 0.123 e. The predicted molar refractivity (Wildman–Crippen MR) is 72.2 cm³/mol. The topological polar surface area (TPSA) is 51.8 Å². The monoisotopic (exact) mass is 247 g/mol. The fourth-order valence-corrected chi connectivity index (χ4v) is 2.68. The number of rotatable bonds is 4. The van der Waals surface area contributed by atoms with Crippen molar-refractivity contribution in [2.24, 2.45) is 5.73 Å². The zero-order chi connectivity index (χ0) is 12.3. The van der Waals surface area contributed by atoms with Gasteiger partial charge in [-0.05, 0) is 32.0 Å². The van der Waals surface area contributed by atoms with Crippen LogP contribution in [0.1, 0.15) is 23.2 Å². The molecule has 0 bridgehead atoms. The van der Waals surface area contributed by atoms with Crippen molar-refractivity contribution in [3.63, 3.8) is 0 Å². The van der Waals surface area contributed by atoms with E-state index in [2.05, 4.69) is 29.9 Å². The molecule has 0 fully saturated rings. The lowest BCUT2D eigenvalue weighted by Crippen LogP contribution is -2.03. The van der Waals surface area contributed by atoms with Gasteiger partial charge in [0.25, 0.3) is 0 Å². The molecule has 0 saturated carbocycles. The standard InChI is InChI=1S/C13H17N3S/c1-3-11-8-10(5-7-15-11)13-16-12(4-6-14)9(2)17-13/h5,7-8H,3-4,6,14H2,1-2H3. The first-order valence-electron chi connectivity index (χ1n) is 5.86. The molecule has 2 N–H and O–H groups in total. The first kappa shape index (κ1) is 12.2. The summed E-state index contributed by atoms with van der Waals surface area (Å²) in [6.07, 6.45) is 3.66. The summed E-state index contributed by atoms with van der Waals surface area (Å²) in [4.78, 5) is 10.2. The van der Waals surface area contributed by atoms with E-state index in [4.69, 9.17) is 5.73 Å². The third-order valence-corrected chi connectivity index (χ3v) is 3.76. The van der Waals surface area contributed by atoms with Crippen LogP contribution in [0.25, 0.3) is 10.6 Å². The fraction of sp³-hybridized carbons (Fsp3) is 0.385. The van der Waals surface area contributed by atoms with E-state index in [0.717, 1.165) is 34.8 Å². The van der Waals surface area contributed by atoms with E-state index in [1.165, 1.54) is 4.88 Å². The van der Waals surface area contributed by atoms with Gasteiger partial charge in [-0.2, -0.15) is 0 Å². The van der Waals surface area contributed by atoms with Crippen LogP contribution in [0.3, 0.4) is 0 Å². The number of nitrogens with zero attached hydrogens (tertiary/aromatic N) is 2. The van der Waals surface area contributed by atoms with Crippen molar-refractivity contribution >= 4 is 11.3 Å². The number of hydrogen-bond acceptors (Lipinski definition) is 4. The summed E-state index contributed by atoms with van der Waals surface area (Å²) in [5, 5.41) is 1.07. The van der Waals surface area contributed by atoms with Gasteiger partial charge in [0.1, 0.15) is 5.01 Å². The minimum atomic E-state index is 0.653. The van der Waals surface area contributed by atoms with Crippen LogP contribution in [-0.4, -0.2) is 16.5 Å². The molecule has 2 rings (SSSR count). The number of pyridine rings is 1. The highest BCUT2D eigenvalue weighted by atomic mass is 32.1. The molecule has 0 aliphatic rings. The highest BCUT2D eigenvalue weighted by molar-refractivity contribution is 7.15. The molecule has 0 atom stereocenters. The van der Waals surface area contributed by atoms with Gasteiger partial charge in [-0.1, -0.05) is 6.92 Å². The Morgan fingerprint density at radius 3 is 2.94 bits per heavy atom. The maximum absolute atomic E-state index is 5.58. The van der Waals surface area contributed by atoms with Crippen molar-refractivity contribution in [3.05, 3.63) is 34.6 Å². The first-order valence-corrected chi connectivity index (χ1v) is 6.68. The van der Waals surface area contributed by atoms with Gasteiger partial charge in [-0.15, -0.1) is 11.3 Å². The van der Waals surface area contributed by atoms with Gasteiger partial charge < -0.3 is 5.73 Å². The Kier molecular flexibility index (Phi) is 3.86. The molecule has 0 aliphatic carbocycles. The third kappa shape index (κ3) is 2.70. The second-order valence-corrected chi connectivity index (χ2v) is 5.15. The van der Waals surface area contributed by atoms with Crippen LogP contribution in [0.2, 0.25) is 0 Å². The Morgan fingerprint density at radius 1 is 1.41 bits per heavy atom. The van der Waals surface area contributed by atoms with Crippen molar-refractivity contribution < 1.29 is 0 Å². The Hall–Kier alpha value is -1.26. The SMILES string of the molecule is CCc1cc(-c2nc(CCN)c(C)s2)ccn1. The summed E-state index contributed by atoms with van der Waals surface area (Å²) in [6.45, 7) is 4.87. The molecular weight excluding hydrogens is 230 g/mol. The Balaban J connectivity index is 2.35. The van der Waals surface area contributed by atoms with Gasteiger partial charge in [0.05, 0.1) is 5.69 Å². The molecule has 3 nitrogen and oxygen atoms in total. The lowest BCUT2D eigenvalue weighted by molar-refractivity contribution is 0.927. The summed E-state index contributed by atoms with van der Waals surface area (Å²) in [5.74, 6) is 0. The summed E-state index contributed by atoms with van der Waals surface area (Å²) in [5.41, 5.74) is 8.97. The maximum atomic E-state index is 5.58. The second kappa shape index (κ2) is 5.38. The molecule has 2 heterocycles. The molecule has 0 aromatic carbocycles. The summed E-state index contributed by atoms with van der Waals surface area (Å²) >= 11 is 1.73. The highest BCUT2D eigenvalue weighted by Gasteiger charge is 2.09. The molecule has 0 radical (unpaired) electrons. The van der Waals surface area contributed by atoms with Crippen molar-refractivity contribution in [2.75, 3.05) is 6.54 Å². The molecule has 17 heavy (non-hydrogen) atoms. The van der Waals surface area contributed by atoms with Gasteiger partial charge in [0.15, 0.2) is 0 Å². The van der Waals surface area contributed by atoms with Crippen LogP contribution in [0, 0.1) is 6.92 Å². The van der Waals surface area contributed by atoms with E-state index in [0.29, 0.717) is 6.54 Å². The van der Waals surface area contributed by atoms with Gasteiger partial charge in [-0.3, -0.25) is 4.98 Å². The van der Waals surface area contributed by atoms with E-state index in [1.807, 2.05) is 12.3 Å². The summed E-state index contributed by atoms with van der Waals surface area (Å²) in [7, 11) is 0. The number of hydrogen-bond donors (Lipinski definition) is 1. The van der Waals surface area contributed by atoms with E-state index in [1.54, 1.807) is 11.3 Å². The Morgan fingerprint density at radius 2 is 2.24 bits per heavy atom. The van der Waals surface area contributed by atoms with E-state index in [9.17, 15) is 0 Å². The van der Waals surface area contributed by atoms with Crippen LogP contribution < -0.4 is 5.73 Å². The lowest BCUT2D eigenvalue weighted by atomic mass is 10.2. The summed E-state index contributed by atoms with van der Waals surface area (Å²) in [6, 6.07) is 4.13. The second-order valence-electron chi connectivity index (χ2n) is 3.95. The number of aryl methyl sites for hydroxylation is 2. The van der Waals surface area contributed by atoms with Gasteiger partial charge in [-0.25, -0.2) is 4.98 Å². The first-order chi connectivity index (χ1) is 8.24. The average Bonchev–Trinajstić information content (AvgIpc) is 2.72. The minimum absolute atomic E-state index is 0.653. The molecule has 2 aromatic heterocycles. The number of nitrogens with two attached hydrogens (primary N) is 1. The normalized spacial score (nSPS) is 10.8. The van der Waals surface area contributed by atoms with E-state index >= 15 is 0 Å². The Labute approximate surface area is 106 Å². The van der Waals surface area contributed by atoms with Crippen LogP contribution in [0.5, 0.6) is 0 Å². The molecule has 2 aromatic rings. The molecule has 0 saturated heterocycles. The highest BCUT2D eigenvalue weighted by Crippen LogP contribution is 2.27. The average molecular weight is 247 g/mol. The van der Waals surface area contributed by atoms with Crippen LogP contribution in [0.4, 0.5) is 0 Å². The summed E-state index contributed by atoms with van der Waals surface area (Å²) < 4.78 is 0. The molecule has 0 unspecified atom stereocenters. The predicted octanol–water partition coefficient (Wildman–Crippen LogP) is 2.58. The largest absolute Gasteiger partial charge is 0.330 e. The molecule has 0 amide bonds.